The maximum absolute atomic E-state index is 2.22. The summed E-state index contributed by atoms with van der Waals surface area (Å²) in [6.45, 7) is 6.37. The van der Waals surface area contributed by atoms with E-state index < -0.39 is 0 Å². The van der Waals surface area contributed by atoms with Gasteiger partial charge in [0.15, 0.2) is 0 Å². The molecule has 0 saturated carbocycles. The van der Waals surface area contributed by atoms with E-state index in [-0.39, 0.29) is 0 Å². The van der Waals surface area contributed by atoms with Crippen LogP contribution in [0.4, 0.5) is 0 Å². The lowest BCUT2D eigenvalue weighted by atomic mass is 9.96. The standard InChI is InChI=1S/C17H18/c1-4-5-8-13(2)16-12-11-14(3)15-9-6-7-10-17(15)16/h4-12H,1-3H3/b5-4-,13-8+. The number of rotatable bonds is 2. The van der Waals surface area contributed by atoms with Crippen molar-refractivity contribution >= 4 is 16.3 Å². The third kappa shape index (κ3) is 2.31. The first-order valence-electron chi connectivity index (χ1n) is 6.02. The van der Waals surface area contributed by atoms with E-state index in [1.165, 1.54) is 27.5 Å². The van der Waals surface area contributed by atoms with Crippen molar-refractivity contribution in [2.45, 2.75) is 20.8 Å². The number of benzene rings is 2. The molecule has 0 unspecified atom stereocenters. The van der Waals surface area contributed by atoms with Gasteiger partial charge in [0.05, 0.1) is 0 Å². The topological polar surface area (TPSA) is 0 Å². The van der Waals surface area contributed by atoms with E-state index in [0.29, 0.717) is 0 Å². The monoisotopic (exact) mass is 222 g/mol. The van der Waals surface area contributed by atoms with Crippen LogP contribution in [-0.2, 0) is 0 Å². The molecular weight excluding hydrogens is 204 g/mol. The maximum Gasteiger partial charge on any atom is -0.0106 e. The summed E-state index contributed by atoms with van der Waals surface area (Å²) in [5, 5.41) is 2.68. The highest BCUT2D eigenvalue weighted by Crippen LogP contribution is 2.27. The van der Waals surface area contributed by atoms with Crippen LogP contribution in [0.2, 0.25) is 0 Å². The molecule has 0 aliphatic rings. The number of allylic oxidation sites excluding steroid dienone is 4. The fourth-order valence-electron chi connectivity index (χ4n) is 2.12. The molecule has 0 saturated heterocycles. The van der Waals surface area contributed by atoms with Gasteiger partial charge in [0.1, 0.15) is 0 Å². The van der Waals surface area contributed by atoms with Crippen LogP contribution in [0, 0.1) is 6.92 Å². The normalized spacial score (nSPS) is 12.5. The van der Waals surface area contributed by atoms with Crippen LogP contribution < -0.4 is 0 Å². The number of hydrogen-bond acceptors (Lipinski definition) is 0. The van der Waals surface area contributed by atoms with Gasteiger partial charge in [0.25, 0.3) is 0 Å². The van der Waals surface area contributed by atoms with Crippen LogP contribution in [0.25, 0.3) is 16.3 Å². The fourth-order valence-corrected chi connectivity index (χ4v) is 2.12. The minimum Gasteiger partial charge on any atom is -0.0877 e. The van der Waals surface area contributed by atoms with E-state index in [1.54, 1.807) is 0 Å². The van der Waals surface area contributed by atoms with Gasteiger partial charge in [-0.25, -0.2) is 0 Å². The summed E-state index contributed by atoms with van der Waals surface area (Å²) in [7, 11) is 0. The average molecular weight is 222 g/mol. The third-order valence-electron chi connectivity index (χ3n) is 3.11. The molecule has 0 bridgehead atoms. The molecule has 0 aromatic heterocycles. The molecule has 2 rings (SSSR count). The number of fused-ring (bicyclic) bond motifs is 1. The summed E-state index contributed by atoms with van der Waals surface area (Å²) in [6, 6.07) is 13.0. The molecule has 0 nitrogen and oxygen atoms in total. The van der Waals surface area contributed by atoms with Gasteiger partial charge in [-0.1, -0.05) is 54.6 Å². The maximum atomic E-state index is 2.22. The van der Waals surface area contributed by atoms with Gasteiger partial charge < -0.3 is 0 Å². The van der Waals surface area contributed by atoms with Crippen LogP contribution in [0.15, 0.2) is 54.6 Å². The molecule has 0 aliphatic heterocycles. The summed E-state index contributed by atoms with van der Waals surface area (Å²) >= 11 is 0. The van der Waals surface area contributed by atoms with Crippen molar-refractivity contribution in [2.75, 3.05) is 0 Å². The van der Waals surface area contributed by atoms with Gasteiger partial charge >= 0.3 is 0 Å². The summed E-state index contributed by atoms with van der Waals surface area (Å²) in [4.78, 5) is 0. The van der Waals surface area contributed by atoms with Gasteiger partial charge in [-0.3, -0.25) is 0 Å². The van der Waals surface area contributed by atoms with Gasteiger partial charge in [0, 0.05) is 0 Å². The van der Waals surface area contributed by atoms with Crippen molar-refractivity contribution in [1.82, 2.24) is 0 Å². The largest absolute Gasteiger partial charge is 0.0877 e. The zero-order chi connectivity index (χ0) is 12.3. The fraction of sp³-hybridized carbons (Fsp3) is 0.176. The SMILES string of the molecule is C/C=C\C=C(/C)c1ccc(C)c2ccccc12. The Hall–Kier alpha value is -1.82. The molecule has 0 atom stereocenters. The number of hydrogen-bond donors (Lipinski definition) is 0. The molecule has 0 spiro atoms. The second-order valence-corrected chi connectivity index (χ2v) is 4.35. The van der Waals surface area contributed by atoms with Crippen LogP contribution in [-0.4, -0.2) is 0 Å². The molecule has 86 valence electrons. The minimum absolute atomic E-state index is 1.30. The first-order chi connectivity index (χ1) is 8.24. The lowest BCUT2D eigenvalue weighted by molar-refractivity contribution is 1.50. The van der Waals surface area contributed by atoms with Crippen molar-refractivity contribution < 1.29 is 0 Å². The predicted octanol–water partition coefficient (Wildman–Crippen LogP) is 5.13. The van der Waals surface area contributed by atoms with Crippen molar-refractivity contribution in [1.29, 1.82) is 0 Å². The molecule has 2 aromatic carbocycles. The first kappa shape index (κ1) is 11.7. The Morgan fingerprint density at radius 1 is 1.00 bits per heavy atom. The summed E-state index contributed by atoms with van der Waals surface area (Å²) in [6.07, 6.45) is 6.31. The van der Waals surface area contributed by atoms with E-state index in [4.69, 9.17) is 0 Å². The van der Waals surface area contributed by atoms with Crippen LogP contribution in [0.1, 0.15) is 25.0 Å². The Bertz CT molecular complexity index is 586. The van der Waals surface area contributed by atoms with Crippen LogP contribution in [0.5, 0.6) is 0 Å². The number of aryl methyl sites for hydroxylation is 1. The van der Waals surface area contributed by atoms with Crippen molar-refractivity contribution in [3.05, 3.63) is 65.8 Å². The predicted molar refractivity (Wildman–Crippen MR) is 77.2 cm³/mol. The smallest absolute Gasteiger partial charge is 0.0106 e. The zero-order valence-electron chi connectivity index (χ0n) is 10.7. The van der Waals surface area contributed by atoms with Crippen molar-refractivity contribution in [2.24, 2.45) is 0 Å². The molecular formula is C17H18. The molecule has 17 heavy (non-hydrogen) atoms. The Morgan fingerprint density at radius 2 is 1.71 bits per heavy atom. The van der Waals surface area contributed by atoms with E-state index >= 15 is 0 Å². The van der Waals surface area contributed by atoms with E-state index in [9.17, 15) is 0 Å². The summed E-state index contributed by atoms with van der Waals surface area (Å²) in [5.41, 5.74) is 3.96. The van der Waals surface area contributed by atoms with Gasteiger partial charge in [-0.05, 0) is 48.2 Å². The Balaban J connectivity index is 2.67. The van der Waals surface area contributed by atoms with E-state index in [1.807, 2.05) is 6.92 Å². The molecule has 0 heterocycles. The Morgan fingerprint density at radius 3 is 2.41 bits per heavy atom. The van der Waals surface area contributed by atoms with Gasteiger partial charge in [0.2, 0.25) is 0 Å². The second kappa shape index (κ2) is 5.01. The molecule has 0 radical (unpaired) electrons. The molecule has 2 aromatic rings. The molecule has 0 aliphatic carbocycles. The average Bonchev–Trinajstić information content (AvgIpc) is 2.37. The molecule has 0 heteroatoms. The lowest BCUT2D eigenvalue weighted by Crippen LogP contribution is -1.85. The molecule has 0 fully saturated rings. The summed E-state index contributed by atoms with van der Waals surface area (Å²) in [5.74, 6) is 0. The van der Waals surface area contributed by atoms with Crippen LogP contribution in [0.3, 0.4) is 0 Å². The minimum atomic E-state index is 1.30. The van der Waals surface area contributed by atoms with Crippen LogP contribution >= 0.6 is 0 Å². The highest BCUT2D eigenvalue weighted by Gasteiger charge is 2.03. The highest BCUT2D eigenvalue weighted by molar-refractivity contribution is 5.95. The van der Waals surface area contributed by atoms with Crippen molar-refractivity contribution in [3.63, 3.8) is 0 Å². The second-order valence-electron chi connectivity index (χ2n) is 4.35. The quantitative estimate of drug-likeness (QED) is 0.618. The highest BCUT2D eigenvalue weighted by atomic mass is 14.1. The van der Waals surface area contributed by atoms with Gasteiger partial charge in [-0.2, -0.15) is 0 Å². The molecule has 0 amide bonds. The zero-order valence-corrected chi connectivity index (χ0v) is 10.7. The van der Waals surface area contributed by atoms with E-state index in [2.05, 4.69) is 68.5 Å². The third-order valence-corrected chi connectivity index (χ3v) is 3.11. The molecule has 0 N–H and O–H groups in total. The Kier molecular flexibility index (Phi) is 3.43. The van der Waals surface area contributed by atoms with E-state index in [0.717, 1.165) is 0 Å². The lowest BCUT2D eigenvalue weighted by Gasteiger charge is -2.09. The van der Waals surface area contributed by atoms with Gasteiger partial charge in [-0.15, -0.1) is 0 Å². The summed E-state index contributed by atoms with van der Waals surface area (Å²) < 4.78 is 0. The Labute approximate surface area is 103 Å². The first-order valence-corrected chi connectivity index (χ1v) is 6.02. The van der Waals surface area contributed by atoms with Crippen molar-refractivity contribution in [3.8, 4) is 0 Å².